The number of nitrogens with one attached hydrogen (secondary N) is 1. The lowest BCUT2D eigenvalue weighted by Gasteiger charge is -2.00. The van der Waals surface area contributed by atoms with E-state index in [1.165, 1.54) is 44.9 Å². The zero-order valence-electron chi connectivity index (χ0n) is 15.4. The van der Waals surface area contributed by atoms with Crippen molar-refractivity contribution < 1.29 is 9.90 Å². The number of carbonyl (C=O) groups is 1. The molecule has 2 aromatic rings. The van der Waals surface area contributed by atoms with Gasteiger partial charge >= 0.3 is 5.97 Å². The lowest BCUT2D eigenvalue weighted by molar-refractivity contribution is -0.137. The summed E-state index contributed by atoms with van der Waals surface area (Å²) < 4.78 is 0. The summed E-state index contributed by atoms with van der Waals surface area (Å²) >= 11 is 0. The summed E-state index contributed by atoms with van der Waals surface area (Å²) in [6.45, 7) is 2.23. The number of benzene rings is 1. The van der Waals surface area contributed by atoms with Gasteiger partial charge < -0.3 is 10.1 Å². The zero-order valence-corrected chi connectivity index (χ0v) is 15.4. The van der Waals surface area contributed by atoms with Crippen LogP contribution in [0.4, 0.5) is 0 Å². The van der Waals surface area contributed by atoms with E-state index >= 15 is 0 Å². The maximum atomic E-state index is 10.2. The van der Waals surface area contributed by atoms with Crippen LogP contribution in [0.25, 0.3) is 11.4 Å². The molecule has 0 saturated heterocycles. The van der Waals surface area contributed by atoms with Gasteiger partial charge in [-0.25, -0.2) is 4.98 Å². The van der Waals surface area contributed by atoms with Crippen LogP contribution in [0.1, 0.15) is 71.1 Å². The number of imidazole rings is 1. The minimum atomic E-state index is -0.659. The Bertz CT molecular complexity index is 538. The predicted octanol–water partition coefficient (Wildman–Crippen LogP) is 6.07. The molecule has 0 aliphatic rings. The number of hydrogen-bond acceptors (Lipinski definition) is 2. The Kier molecular flexibility index (Phi) is 11.9. The van der Waals surface area contributed by atoms with Gasteiger partial charge in [-0.3, -0.25) is 4.79 Å². The molecule has 0 spiro atoms. The van der Waals surface area contributed by atoms with Crippen molar-refractivity contribution >= 4 is 5.97 Å². The molecule has 2 rings (SSSR count). The van der Waals surface area contributed by atoms with E-state index in [0.29, 0.717) is 6.42 Å². The Morgan fingerprint density at radius 2 is 1.56 bits per heavy atom. The van der Waals surface area contributed by atoms with Gasteiger partial charge in [0.05, 0.1) is 0 Å². The van der Waals surface area contributed by atoms with E-state index in [9.17, 15) is 4.79 Å². The van der Waals surface area contributed by atoms with Gasteiger partial charge in [0.1, 0.15) is 5.82 Å². The minimum Gasteiger partial charge on any atom is -0.481 e. The molecule has 0 unspecified atom stereocenters. The third kappa shape index (κ3) is 11.1. The topological polar surface area (TPSA) is 66.0 Å². The quantitative estimate of drug-likeness (QED) is 0.486. The third-order valence-electron chi connectivity index (χ3n) is 4.04. The summed E-state index contributed by atoms with van der Waals surface area (Å²) in [4.78, 5) is 17.4. The van der Waals surface area contributed by atoms with Crippen molar-refractivity contribution in [1.29, 1.82) is 0 Å². The van der Waals surface area contributed by atoms with Crippen molar-refractivity contribution in [3.8, 4) is 11.4 Å². The second-order valence-electron chi connectivity index (χ2n) is 6.28. The van der Waals surface area contributed by atoms with Gasteiger partial charge in [-0.2, -0.15) is 0 Å². The van der Waals surface area contributed by atoms with Crippen LogP contribution in [0.5, 0.6) is 0 Å². The van der Waals surface area contributed by atoms with E-state index < -0.39 is 5.97 Å². The van der Waals surface area contributed by atoms with Crippen LogP contribution >= 0.6 is 0 Å². The van der Waals surface area contributed by atoms with E-state index in [1.54, 1.807) is 6.20 Å². The van der Waals surface area contributed by atoms with Gasteiger partial charge in [0, 0.05) is 24.4 Å². The van der Waals surface area contributed by atoms with E-state index in [-0.39, 0.29) is 0 Å². The second kappa shape index (κ2) is 14.3. The van der Waals surface area contributed by atoms with Crippen LogP contribution in [-0.2, 0) is 4.79 Å². The van der Waals surface area contributed by atoms with E-state index in [2.05, 4.69) is 16.9 Å². The molecule has 25 heavy (non-hydrogen) atoms. The molecule has 2 N–H and O–H groups in total. The maximum absolute atomic E-state index is 10.2. The molecule has 0 saturated carbocycles. The van der Waals surface area contributed by atoms with E-state index in [0.717, 1.165) is 24.2 Å². The summed E-state index contributed by atoms with van der Waals surface area (Å²) in [6.07, 6.45) is 15.1. The molecule has 0 aliphatic carbocycles. The second-order valence-corrected chi connectivity index (χ2v) is 6.28. The standard InChI is InChI=1S/C12H24O2.C9H8N2/c1-2-3-4-5-6-7-8-9-10-11-12(13)14;1-2-4-8(5-3-1)9-10-6-7-11-9/h2-11H2,1H3,(H,13,14);1-7H,(H,10,11). The molecule has 138 valence electrons. The van der Waals surface area contributed by atoms with Crippen molar-refractivity contribution in [1.82, 2.24) is 9.97 Å². The highest BCUT2D eigenvalue weighted by Crippen LogP contribution is 2.12. The summed E-state index contributed by atoms with van der Waals surface area (Å²) in [7, 11) is 0. The maximum Gasteiger partial charge on any atom is 0.303 e. The highest BCUT2D eigenvalue weighted by molar-refractivity contribution is 5.66. The number of aliphatic carboxylic acids is 1. The first-order chi connectivity index (χ1) is 12.2. The number of nitrogens with zero attached hydrogens (tertiary/aromatic N) is 1. The molecule has 0 radical (unpaired) electrons. The van der Waals surface area contributed by atoms with Crippen molar-refractivity contribution in [2.75, 3.05) is 0 Å². The van der Waals surface area contributed by atoms with Crippen LogP contribution in [0.3, 0.4) is 0 Å². The fraction of sp³-hybridized carbons (Fsp3) is 0.524. The first-order valence-corrected chi connectivity index (χ1v) is 9.50. The van der Waals surface area contributed by atoms with Crippen molar-refractivity contribution in [2.24, 2.45) is 0 Å². The van der Waals surface area contributed by atoms with Crippen molar-refractivity contribution in [3.63, 3.8) is 0 Å². The summed E-state index contributed by atoms with van der Waals surface area (Å²) in [6, 6.07) is 10.0. The molecule has 4 heteroatoms. The SMILES string of the molecule is CCCCCCCCCCCC(=O)O.c1ccc(-c2ncc[nH]2)cc1. The number of aromatic nitrogens is 2. The number of aromatic amines is 1. The fourth-order valence-corrected chi connectivity index (χ4v) is 2.61. The number of carboxylic acid groups (broad SMARTS) is 1. The largest absolute Gasteiger partial charge is 0.481 e. The van der Waals surface area contributed by atoms with Crippen LogP contribution in [0, 0.1) is 0 Å². The van der Waals surface area contributed by atoms with Gasteiger partial charge in [0.25, 0.3) is 0 Å². The fourth-order valence-electron chi connectivity index (χ4n) is 2.61. The van der Waals surface area contributed by atoms with Gasteiger partial charge in [-0.05, 0) is 6.42 Å². The Morgan fingerprint density at radius 1 is 0.960 bits per heavy atom. The van der Waals surface area contributed by atoms with Crippen molar-refractivity contribution in [3.05, 3.63) is 42.7 Å². The lowest BCUT2D eigenvalue weighted by atomic mass is 10.1. The molecule has 1 heterocycles. The molecule has 0 fully saturated rings. The average Bonchev–Trinajstić information content (AvgIpc) is 3.16. The monoisotopic (exact) mass is 344 g/mol. The van der Waals surface area contributed by atoms with Crippen LogP contribution in [0.2, 0.25) is 0 Å². The van der Waals surface area contributed by atoms with Crippen LogP contribution in [-0.4, -0.2) is 21.0 Å². The summed E-state index contributed by atoms with van der Waals surface area (Å²) in [5.74, 6) is 0.263. The summed E-state index contributed by atoms with van der Waals surface area (Å²) in [5.41, 5.74) is 1.12. The third-order valence-corrected chi connectivity index (χ3v) is 4.04. The van der Waals surface area contributed by atoms with Gasteiger partial charge in [-0.15, -0.1) is 0 Å². The average molecular weight is 344 g/mol. The van der Waals surface area contributed by atoms with Crippen molar-refractivity contribution in [2.45, 2.75) is 71.1 Å². The number of hydrogen-bond donors (Lipinski definition) is 2. The molecule has 0 bridgehead atoms. The Labute approximate surface area is 151 Å². The molecule has 0 amide bonds. The summed E-state index contributed by atoms with van der Waals surface area (Å²) in [5, 5.41) is 8.41. The minimum absolute atomic E-state index is 0.343. The highest BCUT2D eigenvalue weighted by Gasteiger charge is 1.96. The van der Waals surface area contributed by atoms with Gasteiger partial charge in [0.15, 0.2) is 0 Å². The highest BCUT2D eigenvalue weighted by atomic mass is 16.4. The molecule has 0 aliphatic heterocycles. The first kappa shape index (κ1) is 20.9. The normalized spacial score (nSPS) is 10.1. The van der Waals surface area contributed by atoms with Gasteiger partial charge in [-0.1, -0.05) is 88.6 Å². The number of rotatable bonds is 11. The molecule has 4 nitrogen and oxygen atoms in total. The van der Waals surface area contributed by atoms with Crippen LogP contribution < -0.4 is 0 Å². The zero-order chi connectivity index (χ0) is 18.2. The lowest BCUT2D eigenvalue weighted by Crippen LogP contribution is -1.93. The molecule has 1 aromatic heterocycles. The van der Waals surface area contributed by atoms with Crippen LogP contribution in [0.15, 0.2) is 42.7 Å². The number of H-pyrrole nitrogens is 1. The molecular formula is C21H32N2O2. The Morgan fingerprint density at radius 3 is 2.08 bits per heavy atom. The molecular weight excluding hydrogens is 312 g/mol. The van der Waals surface area contributed by atoms with E-state index in [1.807, 2.05) is 36.5 Å². The first-order valence-electron chi connectivity index (χ1n) is 9.50. The molecule has 1 aromatic carbocycles. The molecule has 0 atom stereocenters. The smallest absolute Gasteiger partial charge is 0.303 e. The predicted molar refractivity (Wildman–Crippen MR) is 104 cm³/mol. The Hall–Kier alpha value is -2.10. The van der Waals surface area contributed by atoms with Gasteiger partial charge in [0.2, 0.25) is 0 Å². The number of unbranched alkanes of at least 4 members (excludes halogenated alkanes) is 8. The van der Waals surface area contributed by atoms with E-state index in [4.69, 9.17) is 5.11 Å². The Balaban J connectivity index is 0.000000255. The number of carboxylic acids is 1.